The van der Waals surface area contributed by atoms with Crippen LogP contribution in [0.3, 0.4) is 0 Å². The fourth-order valence-corrected chi connectivity index (χ4v) is 2.99. The molecule has 26 heavy (non-hydrogen) atoms. The van der Waals surface area contributed by atoms with E-state index < -0.39 is 5.82 Å². The summed E-state index contributed by atoms with van der Waals surface area (Å²) in [6.45, 7) is 0.0277. The van der Waals surface area contributed by atoms with Gasteiger partial charge in [0.2, 0.25) is 5.91 Å². The minimum atomic E-state index is -0.440. The summed E-state index contributed by atoms with van der Waals surface area (Å²) < 4.78 is 15.6. The highest BCUT2D eigenvalue weighted by molar-refractivity contribution is 6.01. The number of hydrogen-bond acceptors (Lipinski definition) is 3. The number of carbonyl (C=O) groups is 1. The number of pyridine rings is 2. The first-order valence-electron chi connectivity index (χ1n) is 8.05. The van der Waals surface area contributed by atoms with E-state index in [0.29, 0.717) is 22.0 Å². The number of anilines is 1. The van der Waals surface area contributed by atoms with Gasteiger partial charge in [-0.15, -0.1) is 0 Å². The normalized spacial score (nSPS) is 11.0. The number of para-hydroxylation sites is 2. The van der Waals surface area contributed by atoms with Gasteiger partial charge in [0.25, 0.3) is 0 Å². The Labute approximate surface area is 147 Å². The molecular formula is C20H14FN3O2. The average molecular weight is 347 g/mol. The van der Waals surface area contributed by atoms with Gasteiger partial charge in [-0.2, -0.15) is 0 Å². The molecule has 0 saturated carbocycles. The predicted octanol–water partition coefficient (Wildman–Crippen LogP) is 3.33. The van der Waals surface area contributed by atoms with Gasteiger partial charge in [0.1, 0.15) is 17.9 Å². The van der Waals surface area contributed by atoms with Gasteiger partial charge >= 0.3 is 0 Å². The lowest BCUT2D eigenvalue weighted by molar-refractivity contribution is -0.116. The molecule has 2 aromatic carbocycles. The highest BCUT2D eigenvalue weighted by Gasteiger charge is 2.10. The summed E-state index contributed by atoms with van der Waals surface area (Å²) in [5.41, 5.74) is 1.29. The van der Waals surface area contributed by atoms with Gasteiger partial charge in [0, 0.05) is 29.2 Å². The minimum Gasteiger partial charge on any atom is -0.338 e. The number of nitrogens with zero attached hydrogens (tertiary/aromatic N) is 2. The number of hydrogen-bond donors (Lipinski definition) is 1. The maximum absolute atomic E-state index is 13.9. The zero-order chi connectivity index (χ0) is 18.1. The van der Waals surface area contributed by atoms with Gasteiger partial charge < -0.3 is 9.88 Å². The van der Waals surface area contributed by atoms with Crippen molar-refractivity contribution in [3.63, 3.8) is 0 Å². The van der Waals surface area contributed by atoms with Crippen LogP contribution in [0.1, 0.15) is 0 Å². The van der Waals surface area contributed by atoms with Gasteiger partial charge in [-0.3, -0.25) is 14.6 Å². The topological polar surface area (TPSA) is 64.0 Å². The Kier molecular flexibility index (Phi) is 3.93. The summed E-state index contributed by atoms with van der Waals surface area (Å²) in [7, 11) is 0. The third-order valence-corrected chi connectivity index (χ3v) is 4.19. The molecule has 0 fully saturated rings. The second-order valence-electron chi connectivity index (χ2n) is 5.87. The van der Waals surface area contributed by atoms with Gasteiger partial charge in [-0.25, -0.2) is 4.39 Å². The summed E-state index contributed by atoms with van der Waals surface area (Å²) in [6, 6.07) is 14.8. The number of fused-ring (bicyclic) bond motifs is 2. The van der Waals surface area contributed by atoms with Crippen LogP contribution in [-0.2, 0) is 11.3 Å². The Bertz CT molecular complexity index is 1200. The summed E-state index contributed by atoms with van der Waals surface area (Å²) in [5.74, 6) is -0.722. The van der Waals surface area contributed by atoms with E-state index in [4.69, 9.17) is 0 Å². The molecular weight excluding hydrogens is 333 g/mol. The fraction of sp³-hybridized carbons (Fsp3) is 0.0500. The first-order chi connectivity index (χ1) is 12.6. The Morgan fingerprint density at radius 3 is 2.73 bits per heavy atom. The molecule has 2 heterocycles. The highest BCUT2D eigenvalue weighted by atomic mass is 19.1. The van der Waals surface area contributed by atoms with Crippen LogP contribution in [0.2, 0.25) is 0 Å². The molecule has 0 aliphatic carbocycles. The SMILES string of the molecule is O=C(Cn1ccc(=O)c2ccccc21)Nc1ccnc2c(F)cccc12. The number of carbonyl (C=O) groups excluding carboxylic acids is 1. The van der Waals surface area contributed by atoms with Crippen LogP contribution in [0, 0.1) is 5.82 Å². The first-order valence-corrected chi connectivity index (χ1v) is 8.05. The lowest BCUT2D eigenvalue weighted by atomic mass is 10.2. The van der Waals surface area contributed by atoms with E-state index >= 15 is 0 Å². The summed E-state index contributed by atoms with van der Waals surface area (Å²) in [6.07, 6.45) is 3.05. The summed E-state index contributed by atoms with van der Waals surface area (Å²) in [4.78, 5) is 28.5. The molecule has 4 aromatic rings. The van der Waals surface area contributed by atoms with Crippen LogP contribution in [0.25, 0.3) is 21.8 Å². The molecule has 6 heteroatoms. The third kappa shape index (κ3) is 2.82. The molecule has 1 N–H and O–H groups in total. The molecule has 0 bridgehead atoms. The number of benzene rings is 2. The van der Waals surface area contributed by atoms with Gasteiger partial charge in [0.05, 0.1) is 11.2 Å². The van der Waals surface area contributed by atoms with E-state index in [1.54, 1.807) is 47.2 Å². The van der Waals surface area contributed by atoms with E-state index in [2.05, 4.69) is 10.3 Å². The Morgan fingerprint density at radius 1 is 1.04 bits per heavy atom. The Balaban J connectivity index is 1.66. The summed E-state index contributed by atoms with van der Waals surface area (Å²) in [5, 5.41) is 3.88. The molecule has 0 radical (unpaired) electrons. The second kappa shape index (κ2) is 6.40. The molecule has 0 aliphatic heterocycles. The van der Waals surface area contributed by atoms with Crippen molar-refractivity contribution in [3.8, 4) is 0 Å². The minimum absolute atomic E-state index is 0.0277. The van der Waals surface area contributed by atoms with E-state index in [1.165, 1.54) is 18.3 Å². The van der Waals surface area contributed by atoms with Crippen molar-refractivity contribution in [1.82, 2.24) is 9.55 Å². The van der Waals surface area contributed by atoms with E-state index in [0.717, 1.165) is 0 Å². The van der Waals surface area contributed by atoms with Gasteiger partial charge in [0.15, 0.2) is 5.43 Å². The zero-order valence-electron chi connectivity index (χ0n) is 13.6. The van der Waals surface area contributed by atoms with Crippen molar-refractivity contribution in [2.75, 3.05) is 5.32 Å². The van der Waals surface area contributed by atoms with Crippen molar-refractivity contribution in [2.24, 2.45) is 0 Å². The van der Waals surface area contributed by atoms with Crippen molar-refractivity contribution in [2.45, 2.75) is 6.54 Å². The molecule has 0 aliphatic rings. The molecule has 1 amide bonds. The predicted molar refractivity (Wildman–Crippen MR) is 98.5 cm³/mol. The monoisotopic (exact) mass is 347 g/mol. The van der Waals surface area contributed by atoms with Crippen molar-refractivity contribution < 1.29 is 9.18 Å². The van der Waals surface area contributed by atoms with Crippen LogP contribution in [0.15, 0.2) is 71.8 Å². The van der Waals surface area contributed by atoms with Gasteiger partial charge in [-0.1, -0.05) is 24.3 Å². The number of aromatic nitrogens is 2. The Hall–Kier alpha value is -3.54. The lowest BCUT2D eigenvalue weighted by Crippen LogP contribution is -2.20. The third-order valence-electron chi connectivity index (χ3n) is 4.19. The molecule has 0 spiro atoms. The second-order valence-corrected chi connectivity index (χ2v) is 5.87. The van der Waals surface area contributed by atoms with E-state index in [-0.39, 0.29) is 23.4 Å². The highest BCUT2D eigenvalue weighted by Crippen LogP contribution is 2.23. The largest absolute Gasteiger partial charge is 0.338 e. The van der Waals surface area contributed by atoms with E-state index in [1.807, 2.05) is 6.07 Å². The van der Waals surface area contributed by atoms with Gasteiger partial charge in [-0.05, 0) is 24.3 Å². The maximum Gasteiger partial charge on any atom is 0.244 e. The van der Waals surface area contributed by atoms with Crippen LogP contribution < -0.4 is 10.7 Å². The number of rotatable bonds is 3. The number of amides is 1. The average Bonchev–Trinajstić information content (AvgIpc) is 2.65. The number of halogens is 1. The molecule has 0 unspecified atom stereocenters. The molecule has 4 rings (SSSR count). The van der Waals surface area contributed by atoms with E-state index in [9.17, 15) is 14.0 Å². The van der Waals surface area contributed by atoms with Crippen LogP contribution in [0.4, 0.5) is 10.1 Å². The molecule has 2 aromatic heterocycles. The quantitative estimate of drug-likeness (QED) is 0.618. The van der Waals surface area contributed by atoms with Crippen molar-refractivity contribution in [3.05, 3.63) is 83.0 Å². The van der Waals surface area contributed by atoms with Crippen molar-refractivity contribution in [1.29, 1.82) is 0 Å². The van der Waals surface area contributed by atoms with Crippen LogP contribution in [0.5, 0.6) is 0 Å². The molecule has 0 saturated heterocycles. The smallest absolute Gasteiger partial charge is 0.244 e. The lowest BCUT2D eigenvalue weighted by Gasteiger charge is -2.12. The molecule has 0 atom stereocenters. The fourth-order valence-electron chi connectivity index (χ4n) is 2.99. The summed E-state index contributed by atoms with van der Waals surface area (Å²) >= 11 is 0. The van der Waals surface area contributed by atoms with Crippen LogP contribution in [-0.4, -0.2) is 15.5 Å². The van der Waals surface area contributed by atoms with Crippen molar-refractivity contribution >= 4 is 33.4 Å². The zero-order valence-corrected chi connectivity index (χ0v) is 13.6. The molecule has 128 valence electrons. The maximum atomic E-state index is 13.9. The Morgan fingerprint density at radius 2 is 1.85 bits per heavy atom. The standard InChI is InChI=1S/C20H14FN3O2/c21-15-6-3-5-13-16(8-10-22-20(13)15)23-19(26)12-24-11-9-18(25)14-4-1-2-7-17(14)24/h1-11H,12H2,(H,22,23,26). The molecule has 5 nitrogen and oxygen atoms in total. The first kappa shape index (κ1) is 16.0. The number of nitrogens with one attached hydrogen (secondary N) is 1. The van der Waals surface area contributed by atoms with Crippen LogP contribution >= 0.6 is 0 Å².